The minimum absolute atomic E-state index is 0.0627. The summed E-state index contributed by atoms with van der Waals surface area (Å²) in [5.74, 6) is -0.0627. The van der Waals surface area contributed by atoms with Crippen LogP contribution in [0, 0.1) is 13.8 Å². The molecule has 0 aliphatic carbocycles. The molecule has 28 heavy (non-hydrogen) atoms. The second-order valence-electron chi connectivity index (χ2n) is 7.13. The van der Waals surface area contributed by atoms with Gasteiger partial charge in [-0.3, -0.25) is 4.79 Å². The molecule has 1 saturated heterocycles. The molecule has 1 fully saturated rings. The Morgan fingerprint density at radius 1 is 1.07 bits per heavy atom. The lowest BCUT2D eigenvalue weighted by Gasteiger charge is -2.31. The fourth-order valence-corrected chi connectivity index (χ4v) is 4.79. The Labute approximate surface area is 171 Å². The van der Waals surface area contributed by atoms with Crippen LogP contribution in [0.4, 0.5) is 5.69 Å². The van der Waals surface area contributed by atoms with Gasteiger partial charge in [-0.25, -0.2) is 8.42 Å². The maximum absolute atomic E-state index is 12.7. The highest BCUT2D eigenvalue weighted by Gasteiger charge is 2.31. The first-order chi connectivity index (χ1) is 13.3. The molecule has 0 spiro atoms. The van der Waals surface area contributed by atoms with Crippen LogP contribution in [0.1, 0.15) is 11.1 Å². The normalized spacial score (nSPS) is 16.1. The molecule has 1 amide bonds. The van der Waals surface area contributed by atoms with Crippen LogP contribution in [0.2, 0.25) is 5.02 Å². The summed E-state index contributed by atoms with van der Waals surface area (Å²) >= 11 is 5.84. The minimum Gasteiger partial charge on any atom is -0.325 e. The standard InChI is InChI=1S/C20H24ClN3O3S/c1-15-3-6-18(13-16(15)2)22-20(25)14-23-9-11-24(12-10-23)28(26,27)19-7-4-17(21)5-8-19/h3-8,13H,9-12,14H2,1-2H3,(H,22,25)/p+1. The summed E-state index contributed by atoms with van der Waals surface area (Å²) in [4.78, 5) is 13.6. The van der Waals surface area contributed by atoms with Crippen molar-refractivity contribution < 1.29 is 18.1 Å². The largest absolute Gasteiger partial charge is 0.325 e. The molecule has 150 valence electrons. The lowest BCUT2D eigenvalue weighted by molar-refractivity contribution is -0.895. The number of quaternary nitrogens is 1. The Hall–Kier alpha value is -1.93. The van der Waals surface area contributed by atoms with Gasteiger partial charge in [0, 0.05) is 10.7 Å². The van der Waals surface area contributed by atoms with E-state index in [9.17, 15) is 13.2 Å². The maximum Gasteiger partial charge on any atom is 0.279 e. The van der Waals surface area contributed by atoms with E-state index in [1.54, 1.807) is 12.1 Å². The second-order valence-corrected chi connectivity index (χ2v) is 9.51. The van der Waals surface area contributed by atoms with Crippen LogP contribution >= 0.6 is 11.6 Å². The topological polar surface area (TPSA) is 70.9 Å². The van der Waals surface area contributed by atoms with E-state index in [0.29, 0.717) is 37.7 Å². The van der Waals surface area contributed by atoms with Gasteiger partial charge in [-0.15, -0.1) is 0 Å². The number of carbonyl (C=O) groups excluding carboxylic acids is 1. The van der Waals surface area contributed by atoms with Crippen LogP contribution in [-0.2, 0) is 14.8 Å². The van der Waals surface area contributed by atoms with Crippen LogP contribution in [0.5, 0.6) is 0 Å². The van der Waals surface area contributed by atoms with Gasteiger partial charge in [-0.1, -0.05) is 17.7 Å². The fourth-order valence-electron chi connectivity index (χ4n) is 3.23. The van der Waals surface area contributed by atoms with Gasteiger partial charge >= 0.3 is 0 Å². The van der Waals surface area contributed by atoms with Crippen molar-refractivity contribution in [3.63, 3.8) is 0 Å². The van der Waals surface area contributed by atoms with Crippen molar-refractivity contribution in [1.82, 2.24) is 4.31 Å². The van der Waals surface area contributed by atoms with Crippen molar-refractivity contribution in [2.75, 3.05) is 38.0 Å². The summed E-state index contributed by atoms with van der Waals surface area (Å²) in [7, 11) is -3.53. The SMILES string of the molecule is Cc1ccc(NC(=O)C[NH+]2CCN(S(=O)(=O)c3ccc(Cl)cc3)CC2)cc1C. The number of aryl methyl sites for hydroxylation is 2. The number of nitrogens with one attached hydrogen (secondary N) is 2. The quantitative estimate of drug-likeness (QED) is 0.766. The summed E-state index contributed by atoms with van der Waals surface area (Å²) < 4.78 is 26.9. The van der Waals surface area contributed by atoms with E-state index in [-0.39, 0.29) is 10.8 Å². The molecule has 1 aliphatic rings. The Bertz CT molecular complexity index is 953. The third-order valence-electron chi connectivity index (χ3n) is 5.08. The number of hydrogen-bond donors (Lipinski definition) is 2. The number of hydrogen-bond acceptors (Lipinski definition) is 3. The average molecular weight is 423 g/mol. The molecule has 1 heterocycles. The molecule has 1 aliphatic heterocycles. The Balaban J connectivity index is 1.54. The summed E-state index contributed by atoms with van der Waals surface area (Å²) in [5.41, 5.74) is 3.10. The average Bonchev–Trinajstić information content (AvgIpc) is 2.65. The molecule has 0 bridgehead atoms. The van der Waals surface area contributed by atoms with E-state index >= 15 is 0 Å². The number of carbonyl (C=O) groups is 1. The monoisotopic (exact) mass is 422 g/mol. The van der Waals surface area contributed by atoms with Gasteiger partial charge < -0.3 is 10.2 Å². The van der Waals surface area contributed by atoms with Crippen molar-refractivity contribution in [1.29, 1.82) is 0 Å². The van der Waals surface area contributed by atoms with E-state index in [2.05, 4.69) is 5.32 Å². The Morgan fingerprint density at radius 3 is 2.32 bits per heavy atom. The number of benzene rings is 2. The van der Waals surface area contributed by atoms with Crippen molar-refractivity contribution in [3.8, 4) is 0 Å². The summed E-state index contributed by atoms with van der Waals surface area (Å²) in [6.07, 6.45) is 0. The molecule has 2 N–H and O–H groups in total. The predicted molar refractivity (Wildman–Crippen MR) is 110 cm³/mol. The molecule has 8 heteroatoms. The molecule has 0 saturated carbocycles. The zero-order valence-corrected chi connectivity index (χ0v) is 17.6. The molecule has 2 aromatic rings. The lowest BCUT2D eigenvalue weighted by Crippen LogP contribution is -3.15. The highest BCUT2D eigenvalue weighted by atomic mass is 35.5. The molecular weight excluding hydrogens is 398 g/mol. The highest BCUT2D eigenvalue weighted by Crippen LogP contribution is 2.18. The number of rotatable bonds is 5. The second kappa shape index (κ2) is 8.61. The molecule has 3 rings (SSSR count). The van der Waals surface area contributed by atoms with Gasteiger partial charge in [0.1, 0.15) is 0 Å². The van der Waals surface area contributed by atoms with Crippen molar-refractivity contribution >= 4 is 33.2 Å². The smallest absolute Gasteiger partial charge is 0.279 e. The first-order valence-corrected chi connectivity index (χ1v) is 11.0. The molecule has 0 atom stereocenters. The lowest BCUT2D eigenvalue weighted by atomic mass is 10.1. The minimum atomic E-state index is -3.53. The van der Waals surface area contributed by atoms with Crippen LogP contribution in [0.15, 0.2) is 47.4 Å². The number of nitrogens with zero attached hydrogens (tertiary/aromatic N) is 1. The summed E-state index contributed by atoms with van der Waals surface area (Å²) in [5, 5.41) is 3.43. The van der Waals surface area contributed by atoms with E-state index in [4.69, 9.17) is 11.6 Å². The Morgan fingerprint density at radius 2 is 1.71 bits per heavy atom. The van der Waals surface area contributed by atoms with Gasteiger partial charge in [-0.2, -0.15) is 4.31 Å². The van der Waals surface area contributed by atoms with Gasteiger partial charge in [-0.05, 0) is 61.4 Å². The van der Waals surface area contributed by atoms with Gasteiger partial charge in [0.15, 0.2) is 6.54 Å². The summed E-state index contributed by atoms with van der Waals surface area (Å²) in [6, 6.07) is 12.0. The molecular formula is C20H25ClN3O3S+. The van der Waals surface area contributed by atoms with Crippen LogP contribution < -0.4 is 10.2 Å². The van der Waals surface area contributed by atoms with Crippen LogP contribution in [-0.4, -0.2) is 51.4 Å². The number of piperazine rings is 1. The maximum atomic E-state index is 12.7. The molecule has 0 radical (unpaired) electrons. The molecule has 2 aromatic carbocycles. The third kappa shape index (κ3) is 4.91. The predicted octanol–water partition coefficient (Wildman–Crippen LogP) is 1.48. The van der Waals surface area contributed by atoms with E-state index in [1.807, 2.05) is 32.0 Å². The fraction of sp³-hybridized carbons (Fsp3) is 0.350. The summed E-state index contributed by atoms with van der Waals surface area (Å²) in [6.45, 7) is 6.32. The van der Waals surface area contributed by atoms with E-state index in [0.717, 1.165) is 16.2 Å². The van der Waals surface area contributed by atoms with E-state index in [1.165, 1.54) is 22.0 Å². The zero-order valence-electron chi connectivity index (χ0n) is 16.0. The van der Waals surface area contributed by atoms with Crippen LogP contribution in [0.25, 0.3) is 0 Å². The van der Waals surface area contributed by atoms with Gasteiger partial charge in [0.2, 0.25) is 10.0 Å². The third-order valence-corrected chi connectivity index (χ3v) is 7.25. The first-order valence-electron chi connectivity index (χ1n) is 9.22. The van der Waals surface area contributed by atoms with Crippen molar-refractivity contribution in [2.24, 2.45) is 0 Å². The molecule has 0 aromatic heterocycles. The molecule has 0 unspecified atom stereocenters. The van der Waals surface area contributed by atoms with Crippen molar-refractivity contribution in [3.05, 3.63) is 58.6 Å². The van der Waals surface area contributed by atoms with E-state index < -0.39 is 10.0 Å². The zero-order chi connectivity index (χ0) is 20.3. The van der Waals surface area contributed by atoms with Crippen LogP contribution in [0.3, 0.4) is 0 Å². The number of amides is 1. The number of halogens is 1. The first kappa shape index (κ1) is 20.8. The van der Waals surface area contributed by atoms with Gasteiger partial charge in [0.25, 0.3) is 5.91 Å². The van der Waals surface area contributed by atoms with Crippen molar-refractivity contribution in [2.45, 2.75) is 18.7 Å². The number of anilines is 1. The molecule has 6 nitrogen and oxygen atoms in total. The van der Waals surface area contributed by atoms with Gasteiger partial charge in [0.05, 0.1) is 31.1 Å². The number of sulfonamides is 1. The Kier molecular flexibility index (Phi) is 6.40. The highest BCUT2D eigenvalue weighted by molar-refractivity contribution is 7.89.